The predicted octanol–water partition coefficient (Wildman–Crippen LogP) is 20.2. The van der Waals surface area contributed by atoms with Gasteiger partial charge in [0, 0.05) is 25.7 Å². The van der Waals surface area contributed by atoms with Crippen LogP contribution in [0.25, 0.3) is 0 Å². The number of aliphatic hydroxyl groups excluding tert-OH is 1. The van der Waals surface area contributed by atoms with Crippen molar-refractivity contribution in [2.75, 3.05) is 39.6 Å². The second-order valence-electron chi connectivity index (χ2n) is 26.8. The highest BCUT2D eigenvalue weighted by Gasteiger charge is 2.30. The molecule has 0 spiro atoms. The van der Waals surface area contributed by atoms with Crippen LogP contribution in [0.4, 0.5) is 0 Å². The van der Waals surface area contributed by atoms with E-state index in [0.29, 0.717) is 31.6 Å². The molecule has 0 saturated carbocycles. The van der Waals surface area contributed by atoms with Crippen LogP contribution < -0.4 is 0 Å². The van der Waals surface area contributed by atoms with Crippen LogP contribution in [-0.2, 0) is 65.4 Å². The Hall–Kier alpha value is -1.94. The number of carbonyl (C=O) groups is 4. The van der Waals surface area contributed by atoms with Crippen molar-refractivity contribution in [3.8, 4) is 0 Å². The molecule has 0 saturated heterocycles. The Bertz CT molecular complexity index is 1770. The molecule has 3 N–H and O–H groups in total. The molecule has 0 amide bonds. The summed E-state index contributed by atoms with van der Waals surface area (Å²) in [7, 11) is -9.90. The molecule has 90 heavy (non-hydrogen) atoms. The number of hydrogen-bond acceptors (Lipinski definition) is 15. The van der Waals surface area contributed by atoms with E-state index < -0.39 is 97.5 Å². The maximum absolute atomic E-state index is 13.0. The van der Waals surface area contributed by atoms with Gasteiger partial charge in [0.1, 0.15) is 19.3 Å². The third-order valence-electron chi connectivity index (χ3n) is 16.7. The first-order valence-corrected chi connectivity index (χ1v) is 39.9. The number of ether oxygens (including phenoxy) is 4. The van der Waals surface area contributed by atoms with Gasteiger partial charge in [0.05, 0.1) is 26.4 Å². The van der Waals surface area contributed by atoms with Crippen LogP contribution in [0.1, 0.15) is 357 Å². The first kappa shape index (κ1) is 88.1. The minimum atomic E-state index is -4.95. The summed E-state index contributed by atoms with van der Waals surface area (Å²) in [6.07, 6.45) is 46.2. The van der Waals surface area contributed by atoms with Crippen LogP contribution in [0, 0.1) is 17.8 Å². The molecule has 6 atom stereocenters. The lowest BCUT2D eigenvalue weighted by Gasteiger charge is -2.21. The van der Waals surface area contributed by atoms with Crippen LogP contribution in [-0.4, -0.2) is 96.7 Å². The van der Waals surface area contributed by atoms with Gasteiger partial charge in [-0.2, -0.15) is 0 Å². The molecule has 0 aromatic carbocycles. The van der Waals surface area contributed by atoms with Gasteiger partial charge in [-0.3, -0.25) is 37.3 Å². The number of unbranched alkanes of at least 4 members (excludes halogenated alkanes) is 36. The Morgan fingerprint density at radius 1 is 0.322 bits per heavy atom. The highest BCUT2D eigenvalue weighted by Crippen LogP contribution is 2.45. The van der Waals surface area contributed by atoms with Crippen LogP contribution in [0.2, 0.25) is 0 Å². The standard InChI is InChI=1S/C71H138O17P2/c1-8-10-11-12-13-14-15-16-17-18-19-20-21-22-23-24-25-30-40-47-54-70(75)87-66(58-81-68(73)52-45-38-29-27-26-28-35-42-49-62(3)4)60-85-89(77,78)83-56-65(72)57-84-90(79,80)86-61-67(59-82-69(74)53-46-39-33-31-36-43-50-63(5)6)88-71(76)55-48-41-34-32-37-44-51-64(7)9-2/h62-67,72H,8-61H2,1-7H3,(H,77,78)(H,79,80)/t64?,65-,66-,67-/m1/s1. The van der Waals surface area contributed by atoms with Crippen LogP contribution in [0.15, 0.2) is 0 Å². The molecule has 0 bridgehead atoms. The van der Waals surface area contributed by atoms with Gasteiger partial charge in [-0.05, 0) is 43.4 Å². The summed E-state index contributed by atoms with van der Waals surface area (Å²) in [5, 5.41) is 10.6. The fourth-order valence-corrected chi connectivity index (χ4v) is 12.3. The van der Waals surface area contributed by atoms with Crippen molar-refractivity contribution < 1.29 is 80.2 Å². The average molecular weight is 1330 g/mol. The molecule has 0 aromatic rings. The van der Waals surface area contributed by atoms with Crippen LogP contribution >= 0.6 is 15.6 Å². The first-order chi connectivity index (χ1) is 43.3. The molecule has 0 heterocycles. The third-order valence-corrected chi connectivity index (χ3v) is 18.6. The number of carbonyl (C=O) groups excluding carboxylic acids is 4. The summed E-state index contributed by atoms with van der Waals surface area (Å²) in [5.41, 5.74) is 0. The summed E-state index contributed by atoms with van der Waals surface area (Å²) in [6.45, 7) is 11.7. The van der Waals surface area contributed by atoms with E-state index in [1.54, 1.807) is 0 Å². The molecule has 0 fully saturated rings. The molecule has 0 radical (unpaired) electrons. The van der Waals surface area contributed by atoms with Crippen LogP contribution in [0.3, 0.4) is 0 Å². The van der Waals surface area contributed by atoms with Crippen molar-refractivity contribution in [1.82, 2.24) is 0 Å². The van der Waals surface area contributed by atoms with Crippen molar-refractivity contribution in [3.63, 3.8) is 0 Å². The normalized spacial score (nSPS) is 14.5. The lowest BCUT2D eigenvalue weighted by atomic mass is 10.00. The third kappa shape index (κ3) is 63.5. The van der Waals surface area contributed by atoms with Crippen molar-refractivity contribution in [3.05, 3.63) is 0 Å². The lowest BCUT2D eigenvalue weighted by Crippen LogP contribution is -2.30. The Morgan fingerprint density at radius 3 is 0.844 bits per heavy atom. The Kier molecular flexibility index (Phi) is 60.6. The average Bonchev–Trinajstić information content (AvgIpc) is 3.27. The van der Waals surface area contributed by atoms with Crippen molar-refractivity contribution in [2.45, 2.75) is 375 Å². The van der Waals surface area contributed by atoms with E-state index in [1.165, 1.54) is 161 Å². The molecule has 19 heteroatoms. The minimum Gasteiger partial charge on any atom is -0.462 e. The van der Waals surface area contributed by atoms with Gasteiger partial charge >= 0.3 is 39.5 Å². The minimum absolute atomic E-state index is 0.102. The van der Waals surface area contributed by atoms with Crippen molar-refractivity contribution in [1.29, 1.82) is 0 Å². The zero-order chi connectivity index (χ0) is 66.6. The molecule has 3 unspecified atom stereocenters. The van der Waals surface area contributed by atoms with Crippen LogP contribution in [0.5, 0.6) is 0 Å². The van der Waals surface area contributed by atoms with Gasteiger partial charge in [-0.15, -0.1) is 0 Å². The fourth-order valence-electron chi connectivity index (χ4n) is 10.7. The zero-order valence-corrected chi connectivity index (χ0v) is 60.4. The molecule has 0 aliphatic carbocycles. The highest BCUT2D eigenvalue weighted by molar-refractivity contribution is 7.47. The van der Waals surface area contributed by atoms with E-state index in [0.717, 1.165) is 108 Å². The van der Waals surface area contributed by atoms with Gasteiger partial charge in [-0.25, -0.2) is 9.13 Å². The van der Waals surface area contributed by atoms with Crippen molar-refractivity contribution in [2.24, 2.45) is 17.8 Å². The highest BCUT2D eigenvalue weighted by atomic mass is 31.2. The van der Waals surface area contributed by atoms with E-state index >= 15 is 0 Å². The van der Waals surface area contributed by atoms with Gasteiger partial charge in [0.2, 0.25) is 0 Å². The topological polar surface area (TPSA) is 237 Å². The van der Waals surface area contributed by atoms with Gasteiger partial charge in [0.15, 0.2) is 12.2 Å². The van der Waals surface area contributed by atoms with E-state index in [1.807, 2.05) is 0 Å². The smallest absolute Gasteiger partial charge is 0.462 e. The summed E-state index contributed by atoms with van der Waals surface area (Å²) >= 11 is 0. The van der Waals surface area contributed by atoms with Gasteiger partial charge in [0.25, 0.3) is 0 Å². The maximum Gasteiger partial charge on any atom is 0.472 e. The molecule has 534 valence electrons. The lowest BCUT2D eigenvalue weighted by molar-refractivity contribution is -0.161. The second-order valence-corrected chi connectivity index (χ2v) is 29.7. The fraction of sp³-hybridized carbons (Fsp3) is 0.944. The van der Waals surface area contributed by atoms with E-state index in [2.05, 4.69) is 48.5 Å². The number of hydrogen-bond donors (Lipinski definition) is 3. The number of phosphoric ester groups is 2. The molecular weight excluding hydrogens is 1190 g/mol. The summed E-state index contributed by atoms with van der Waals surface area (Å²) in [4.78, 5) is 72.5. The number of phosphoric acid groups is 2. The maximum atomic E-state index is 13.0. The summed E-state index contributed by atoms with van der Waals surface area (Å²) in [5.74, 6) is -0.00643. The summed E-state index contributed by atoms with van der Waals surface area (Å²) in [6, 6.07) is 0. The predicted molar refractivity (Wildman–Crippen MR) is 363 cm³/mol. The molecular formula is C71H138O17P2. The second kappa shape index (κ2) is 61.9. The number of rotatable bonds is 69. The molecule has 0 aromatic heterocycles. The monoisotopic (exact) mass is 1320 g/mol. The quantitative estimate of drug-likeness (QED) is 0.0222. The largest absolute Gasteiger partial charge is 0.472 e. The van der Waals surface area contributed by atoms with E-state index in [4.69, 9.17) is 37.0 Å². The van der Waals surface area contributed by atoms with E-state index in [9.17, 15) is 43.2 Å². The molecule has 17 nitrogen and oxygen atoms in total. The zero-order valence-electron chi connectivity index (χ0n) is 58.6. The first-order valence-electron chi connectivity index (χ1n) is 36.9. The number of esters is 4. The van der Waals surface area contributed by atoms with Gasteiger partial charge < -0.3 is 33.8 Å². The molecule has 0 aliphatic rings. The van der Waals surface area contributed by atoms with Gasteiger partial charge in [-0.1, -0.05) is 305 Å². The SMILES string of the molecule is CCCCCCCCCCCCCCCCCCCCCCC(=O)O[C@H](COC(=O)CCCCCCCCCCC(C)C)COP(=O)(O)OC[C@@H](O)COP(=O)(O)OC[C@@H](COC(=O)CCCCCCCCC(C)C)OC(=O)CCCCCCCCC(C)CC. The number of aliphatic hydroxyl groups is 1. The Labute approximate surface area is 549 Å². The molecule has 0 aliphatic heterocycles. The molecule has 0 rings (SSSR count). The summed E-state index contributed by atoms with van der Waals surface area (Å²) < 4.78 is 68.2. The van der Waals surface area contributed by atoms with E-state index in [-0.39, 0.29) is 25.7 Å². The Balaban J connectivity index is 5.18. The van der Waals surface area contributed by atoms with Crippen molar-refractivity contribution >= 4 is 39.5 Å². The Morgan fingerprint density at radius 2 is 0.567 bits per heavy atom.